The van der Waals surface area contributed by atoms with Crippen LogP contribution in [0, 0.1) is 0 Å². The largest absolute Gasteiger partial charge is 0.369 e. The minimum absolute atomic E-state index is 0.388. The summed E-state index contributed by atoms with van der Waals surface area (Å²) in [5.74, 6) is 0.907. The van der Waals surface area contributed by atoms with E-state index in [0.29, 0.717) is 11.9 Å². The lowest BCUT2D eigenvalue weighted by Crippen LogP contribution is -2.21. The number of anilines is 1. The number of nitrogens with one attached hydrogen (secondary N) is 1. The second-order valence-corrected chi connectivity index (χ2v) is 5.90. The fraction of sp³-hybridized carbons (Fsp3) is 0.150. The first-order valence-corrected chi connectivity index (χ1v) is 7.82. The van der Waals surface area contributed by atoms with Crippen LogP contribution in [0.15, 0.2) is 71.7 Å². The zero-order valence-electron chi connectivity index (χ0n) is 13.5. The Morgan fingerprint density at radius 2 is 1.61 bits per heavy atom. The topological polar surface area (TPSA) is 50.4 Å². The van der Waals surface area contributed by atoms with E-state index in [9.17, 15) is 0 Å². The molecule has 23 heavy (non-hydrogen) atoms. The van der Waals surface area contributed by atoms with Crippen LogP contribution in [-0.2, 0) is 0 Å². The van der Waals surface area contributed by atoms with E-state index in [1.165, 1.54) is 5.56 Å². The van der Waals surface area contributed by atoms with E-state index in [-0.39, 0.29) is 0 Å². The molecule has 0 unspecified atom stereocenters. The molecular weight excluding hydrogens is 282 g/mol. The van der Waals surface area contributed by atoms with Crippen LogP contribution < -0.4 is 11.1 Å². The average molecular weight is 303 g/mol. The number of nitrogens with zero attached hydrogens (tertiary/aromatic N) is 1. The Balaban J connectivity index is 1.84. The van der Waals surface area contributed by atoms with Gasteiger partial charge in [0.1, 0.15) is 0 Å². The first-order valence-electron chi connectivity index (χ1n) is 7.82. The maximum absolute atomic E-state index is 6.07. The molecule has 0 aliphatic heterocycles. The molecule has 0 amide bonds. The highest BCUT2D eigenvalue weighted by molar-refractivity contribution is 5.99. The van der Waals surface area contributed by atoms with Gasteiger partial charge in [-0.05, 0) is 35.1 Å². The summed E-state index contributed by atoms with van der Waals surface area (Å²) in [4.78, 5) is 4.52. The smallest absolute Gasteiger partial charge is 0.198 e. The summed E-state index contributed by atoms with van der Waals surface area (Å²) < 4.78 is 0. The molecule has 0 aliphatic rings. The summed E-state index contributed by atoms with van der Waals surface area (Å²) in [5.41, 5.74) is 9.18. The summed E-state index contributed by atoms with van der Waals surface area (Å²) in [5, 5.41) is 5.40. The van der Waals surface area contributed by atoms with Gasteiger partial charge in [-0.15, -0.1) is 0 Å². The standard InChI is InChI=1S/C20H21N3/c1-14(2)15-10-12-17(13-11-15)22-20(21)23-19-9-5-7-16-6-3-4-8-18(16)19/h3-14H,1-2H3,(H3,21,22,23). The van der Waals surface area contributed by atoms with Gasteiger partial charge in [-0.1, -0.05) is 62.4 Å². The highest BCUT2D eigenvalue weighted by atomic mass is 15.1. The molecule has 116 valence electrons. The van der Waals surface area contributed by atoms with Gasteiger partial charge in [0.2, 0.25) is 0 Å². The molecule has 3 heteroatoms. The van der Waals surface area contributed by atoms with Crippen LogP contribution >= 0.6 is 0 Å². The van der Waals surface area contributed by atoms with Crippen molar-refractivity contribution in [3.8, 4) is 0 Å². The van der Waals surface area contributed by atoms with Crippen LogP contribution in [0.1, 0.15) is 25.3 Å². The van der Waals surface area contributed by atoms with Gasteiger partial charge in [0.05, 0.1) is 5.69 Å². The molecule has 3 aromatic carbocycles. The van der Waals surface area contributed by atoms with Gasteiger partial charge >= 0.3 is 0 Å². The van der Waals surface area contributed by atoms with Crippen molar-refractivity contribution in [2.24, 2.45) is 10.7 Å². The van der Waals surface area contributed by atoms with Crippen LogP contribution in [0.2, 0.25) is 0 Å². The highest BCUT2D eigenvalue weighted by Crippen LogP contribution is 2.25. The average Bonchev–Trinajstić information content (AvgIpc) is 2.55. The zero-order chi connectivity index (χ0) is 16.2. The second kappa shape index (κ2) is 6.53. The van der Waals surface area contributed by atoms with Crippen molar-refractivity contribution in [1.29, 1.82) is 0 Å². The monoisotopic (exact) mass is 303 g/mol. The van der Waals surface area contributed by atoms with Gasteiger partial charge in [0.15, 0.2) is 5.96 Å². The van der Waals surface area contributed by atoms with Crippen molar-refractivity contribution in [3.63, 3.8) is 0 Å². The molecule has 0 atom stereocenters. The van der Waals surface area contributed by atoms with Crippen LogP contribution in [0.3, 0.4) is 0 Å². The van der Waals surface area contributed by atoms with Crippen molar-refractivity contribution >= 4 is 28.1 Å². The molecule has 3 rings (SSSR count). The van der Waals surface area contributed by atoms with E-state index in [1.54, 1.807) is 0 Å². The summed E-state index contributed by atoms with van der Waals surface area (Å²) in [6.07, 6.45) is 0. The molecule has 0 spiro atoms. The Kier molecular flexibility index (Phi) is 4.29. The molecule has 0 aromatic heterocycles. The third-order valence-corrected chi connectivity index (χ3v) is 3.86. The first kappa shape index (κ1) is 15.1. The lowest BCUT2D eigenvalue weighted by Gasteiger charge is -2.09. The van der Waals surface area contributed by atoms with Gasteiger partial charge < -0.3 is 11.1 Å². The number of fused-ring (bicyclic) bond motifs is 1. The van der Waals surface area contributed by atoms with E-state index >= 15 is 0 Å². The minimum Gasteiger partial charge on any atom is -0.369 e. The summed E-state index contributed by atoms with van der Waals surface area (Å²) in [6.45, 7) is 4.36. The van der Waals surface area contributed by atoms with Crippen LogP contribution in [0.5, 0.6) is 0 Å². The highest BCUT2D eigenvalue weighted by Gasteiger charge is 2.02. The maximum Gasteiger partial charge on any atom is 0.198 e. The molecule has 0 bridgehead atoms. The normalized spacial score (nSPS) is 11.9. The fourth-order valence-electron chi connectivity index (χ4n) is 2.56. The van der Waals surface area contributed by atoms with E-state index in [0.717, 1.165) is 22.1 Å². The number of benzene rings is 3. The van der Waals surface area contributed by atoms with Crippen molar-refractivity contribution < 1.29 is 0 Å². The minimum atomic E-state index is 0.388. The Morgan fingerprint density at radius 3 is 2.35 bits per heavy atom. The molecular formula is C20H21N3. The van der Waals surface area contributed by atoms with Gasteiger partial charge in [-0.2, -0.15) is 0 Å². The summed E-state index contributed by atoms with van der Waals surface area (Å²) in [7, 11) is 0. The molecule has 3 nitrogen and oxygen atoms in total. The maximum atomic E-state index is 6.07. The Labute approximate surface area is 136 Å². The molecule has 0 saturated carbocycles. The fourth-order valence-corrected chi connectivity index (χ4v) is 2.56. The van der Waals surface area contributed by atoms with Crippen LogP contribution in [0.4, 0.5) is 11.4 Å². The lowest BCUT2D eigenvalue weighted by atomic mass is 10.0. The number of hydrogen-bond donors (Lipinski definition) is 2. The van der Waals surface area contributed by atoms with Gasteiger partial charge in [0.25, 0.3) is 0 Å². The van der Waals surface area contributed by atoms with E-state index in [1.807, 2.05) is 36.4 Å². The molecule has 0 aliphatic carbocycles. The Bertz CT molecular complexity index is 828. The van der Waals surface area contributed by atoms with Crippen molar-refractivity contribution in [3.05, 3.63) is 72.3 Å². The second-order valence-electron chi connectivity index (χ2n) is 5.90. The molecule has 0 saturated heterocycles. The third-order valence-electron chi connectivity index (χ3n) is 3.86. The Hall–Kier alpha value is -2.81. The summed E-state index contributed by atoms with van der Waals surface area (Å²) >= 11 is 0. The number of nitrogens with two attached hydrogens (primary N) is 1. The van der Waals surface area contributed by atoms with Gasteiger partial charge in [0, 0.05) is 11.1 Å². The quantitative estimate of drug-likeness (QED) is 0.527. The van der Waals surface area contributed by atoms with E-state index in [2.05, 4.69) is 54.5 Å². The molecule has 0 heterocycles. The predicted molar refractivity (Wildman–Crippen MR) is 99.4 cm³/mol. The molecule has 3 N–H and O–H groups in total. The van der Waals surface area contributed by atoms with Gasteiger partial charge in [-0.25, -0.2) is 4.99 Å². The SMILES string of the molecule is CC(C)c1ccc(NC(N)=Nc2cccc3ccccc23)cc1. The van der Waals surface area contributed by atoms with Crippen LogP contribution in [0.25, 0.3) is 10.8 Å². The third kappa shape index (κ3) is 3.51. The predicted octanol–water partition coefficient (Wildman–Crippen LogP) is 5.02. The number of aliphatic imine (C=N–C) groups is 1. The van der Waals surface area contributed by atoms with E-state index in [4.69, 9.17) is 5.73 Å². The van der Waals surface area contributed by atoms with Crippen molar-refractivity contribution in [2.75, 3.05) is 5.32 Å². The molecule has 3 aromatic rings. The number of guanidine groups is 1. The Morgan fingerprint density at radius 1 is 0.913 bits per heavy atom. The van der Waals surface area contributed by atoms with Crippen molar-refractivity contribution in [2.45, 2.75) is 19.8 Å². The van der Waals surface area contributed by atoms with Crippen LogP contribution in [-0.4, -0.2) is 5.96 Å². The molecule has 0 fully saturated rings. The van der Waals surface area contributed by atoms with Crippen molar-refractivity contribution in [1.82, 2.24) is 0 Å². The lowest BCUT2D eigenvalue weighted by molar-refractivity contribution is 0.867. The zero-order valence-corrected chi connectivity index (χ0v) is 13.5. The first-order chi connectivity index (χ1) is 11.1. The molecule has 0 radical (unpaired) electrons. The number of hydrogen-bond acceptors (Lipinski definition) is 1. The van der Waals surface area contributed by atoms with Gasteiger partial charge in [-0.3, -0.25) is 0 Å². The number of rotatable bonds is 3. The summed E-state index contributed by atoms with van der Waals surface area (Å²) in [6, 6.07) is 22.5. The van der Waals surface area contributed by atoms with E-state index < -0.39 is 0 Å².